The van der Waals surface area contributed by atoms with Crippen molar-refractivity contribution in [3.63, 3.8) is 0 Å². The van der Waals surface area contributed by atoms with Crippen LogP contribution in [0.2, 0.25) is 0 Å². The summed E-state index contributed by atoms with van der Waals surface area (Å²) < 4.78 is 61.1. The third kappa shape index (κ3) is 6.41. The smallest absolute Gasteiger partial charge is 0.422 e. The van der Waals surface area contributed by atoms with E-state index in [1.54, 1.807) is 0 Å². The molecule has 3 rings (SSSR count). The number of alkyl halides is 3. The molecule has 0 amide bonds. The highest BCUT2D eigenvalue weighted by atomic mass is 19.4. The van der Waals surface area contributed by atoms with Crippen LogP contribution in [0.3, 0.4) is 0 Å². The molecule has 0 aromatic heterocycles. The average molecular weight is 457 g/mol. The van der Waals surface area contributed by atoms with Gasteiger partial charge in [-0.3, -0.25) is 0 Å². The summed E-state index contributed by atoms with van der Waals surface area (Å²) in [6, 6.07) is 2.85. The lowest BCUT2D eigenvalue weighted by Gasteiger charge is -2.38. The molecule has 0 unspecified atom stereocenters. The maximum absolute atomic E-state index is 15.1. The largest absolute Gasteiger partial charge is 0.493 e. The Bertz CT molecular complexity index is 698. The minimum Gasteiger partial charge on any atom is -0.493 e. The molecule has 0 spiro atoms. The number of halogens is 4. The first-order chi connectivity index (χ1) is 15.3. The van der Waals surface area contributed by atoms with Crippen molar-refractivity contribution in [2.75, 3.05) is 6.61 Å². The first-order valence-corrected chi connectivity index (χ1v) is 12.9. The SMILES string of the molecule is CCCCCC1CCC(C2CCC(c3ccc(OCCC)c(C(F)(F)F)c3F)CC2)CC1. The number of benzene rings is 1. The standard InChI is InChI=1S/C27H40F4O/c1-3-5-6-7-19-8-10-20(11-9-19)21-12-14-22(15-13-21)23-16-17-24(32-18-4-2)25(26(23)28)27(29,30)31/h16-17,19-22H,3-15,18H2,1-2H3. The van der Waals surface area contributed by atoms with Crippen molar-refractivity contribution < 1.29 is 22.3 Å². The molecule has 0 N–H and O–H groups in total. The van der Waals surface area contributed by atoms with Gasteiger partial charge in [0.2, 0.25) is 0 Å². The van der Waals surface area contributed by atoms with Gasteiger partial charge in [-0.25, -0.2) is 4.39 Å². The Balaban J connectivity index is 1.58. The van der Waals surface area contributed by atoms with Gasteiger partial charge in [-0.05, 0) is 80.2 Å². The van der Waals surface area contributed by atoms with Crippen LogP contribution < -0.4 is 4.74 Å². The van der Waals surface area contributed by atoms with Crippen LogP contribution in [0.5, 0.6) is 5.75 Å². The molecule has 0 saturated heterocycles. The van der Waals surface area contributed by atoms with E-state index >= 15 is 4.39 Å². The van der Waals surface area contributed by atoms with Crippen molar-refractivity contribution >= 4 is 0 Å². The van der Waals surface area contributed by atoms with Crippen molar-refractivity contribution in [3.8, 4) is 5.75 Å². The molecule has 0 heterocycles. The number of hydrogen-bond acceptors (Lipinski definition) is 1. The molecule has 32 heavy (non-hydrogen) atoms. The van der Waals surface area contributed by atoms with Crippen LogP contribution in [0, 0.1) is 23.6 Å². The minimum absolute atomic E-state index is 0.127. The summed E-state index contributed by atoms with van der Waals surface area (Å²) in [5.74, 6) is 0.654. The van der Waals surface area contributed by atoms with Crippen LogP contribution in [-0.4, -0.2) is 6.61 Å². The zero-order valence-electron chi connectivity index (χ0n) is 19.8. The molecule has 0 radical (unpaired) electrons. The molecule has 1 nitrogen and oxygen atoms in total. The minimum atomic E-state index is -4.75. The zero-order chi connectivity index (χ0) is 23.1. The number of hydrogen-bond donors (Lipinski definition) is 0. The summed E-state index contributed by atoms with van der Waals surface area (Å²) in [7, 11) is 0. The van der Waals surface area contributed by atoms with Gasteiger partial charge in [0.25, 0.3) is 0 Å². The van der Waals surface area contributed by atoms with Crippen molar-refractivity contribution in [3.05, 3.63) is 29.1 Å². The van der Waals surface area contributed by atoms with Gasteiger partial charge in [0.15, 0.2) is 0 Å². The molecular weight excluding hydrogens is 416 g/mol. The quantitative estimate of drug-likeness (QED) is 0.266. The monoisotopic (exact) mass is 456 g/mol. The van der Waals surface area contributed by atoms with E-state index in [-0.39, 0.29) is 23.8 Å². The van der Waals surface area contributed by atoms with Crippen molar-refractivity contribution in [1.29, 1.82) is 0 Å². The van der Waals surface area contributed by atoms with Gasteiger partial charge in [0, 0.05) is 0 Å². The molecule has 0 atom stereocenters. The molecule has 2 saturated carbocycles. The third-order valence-electron chi connectivity index (χ3n) is 7.86. The van der Waals surface area contributed by atoms with Crippen molar-refractivity contribution in [2.24, 2.45) is 17.8 Å². The maximum atomic E-state index is 15.1. The summed E-state index contributed by atoms with van der Waals surface area (Å²) in [6.07, 6.45) is 9.97. The Labute approximate surface area is 191 Å². The van der Waals surface area contributed by atoms with E-state index in [4.69, 9.17) is 4.74 Å². The van der Waals surface area contributed by atoms with Crippen molar-refractivity contribution in [2.45, 2.75) is 109 Å². The number of unbranched alkanes of at least 4 members (excludes halogenated alkanes) is 2. The fourth-order valence-electron chi connectivity index (χ4n) is 6.02. The first-order valence-electron chi connectivity index (χ1n) is 12.9. The van der Waals surface area contributed by atoms with Gasteiger partial charge in [-0.15, -0.1) is 0 Å². The van der Waals surface area contributed by atoms with E-state index in [0.717, 1.165) is 37.5 Å². The summed E-state index contributed by atoms with van der Waals surface area (Å²) in [5.41, 5.74) is -1.01. The molecule has 1 aromatic carbocycles. The lowest BCUT2D eigenvalue weighted by atomic mass is 9.68. The van der Waals surface area contributed by atoms with Crippen LogP contribution >= 0.6 is 0 Å². The van der Waals surface area contributed by atoms with Gasteiger partial charge >= 0.3 is 6.18 Å². The van der Waals surface area contributed by atoms with Crippen molar-refractivity contribution in [1.82, 2.24) is 0 Å². The van der Waals surface area contributed by atoms with E-state index < -0.39 is 17.6 Å². The maximum Gasteiger partial charge on any atom is 0.422 e. The highest BCUT2D eigenvalue weighted by molar-refractivity contribution is 5.42. The third-order valence-corrected chi connectivity index (χ3v) is 7.86. The molecule has 0 aliphatic heterocycles. The predicted molar refractivity (Wildman–Crippen MR) is 121 cm³/mol. The lowest BCUT2D eigenvalue weighted by molar-refractivity contribution is -0.141. The Morgan fingerprint density at radius 3 is 2.03 bits per heavy atom. The summed E-state index contributed by atoms with van der Waals surface area (Å²) in [6.45, 7) is 4.21. The topological polar surface area (TPSA) is 9.23 Å². The van der Waals surface area contributed by atoms with Crippen LogP contribution in [0.1, 0.15) is 114 Å². The van der Waals surface area contributed by atoms with E-state index in [1.165, 1.54) is 63.5 Å². The van der Waals surface area contributed by atoms with Gasteiger partial charge in [-0.2, -0.15) is 13.2 Å². The molecule has 2 aliphatic carbocycles. The van der Waals surface area contributed by atoms with Gasteiger partial charge in [-0.1, -0.05) is 58.4 Å². The summed E-state index contributed by atoms with van der Waals surface area (Å²) in [5, 5.41) is 0. The van der Waals surface area contributed by atoms with Gasteiger partial charge < -0.3 is 4.74 Å². The van der Waals surface area contributed by atoms with E-state index in [2.05, 4.69) is 6.92 Å². The van der Waals surface area contributed by atoms with E-state index in [0.29, 0.717) is 12.3 Å². The fraction of sp³-hybridized carbons (Fsp3) is 0.778. The molecule has 2 aliphatic rings. The average Bonchev–Trinajstić information content (AvgIpc) is 2.78. The predicted octanol–water partition coefficient (Wildman–Crippen LogP) is 9.29. The van der Waals surface area contributed by atoms with Gasteiger partial charge in [0.1, 0.15) is 17.1 Å². The second-order valence-electron chi connectivity index (χ2n) is 10.1. The number of rotatable bonds is 9. The first kappa shape index (κ1) is 25.4. The normalized spacial score (nSPS) is 26.8. The molecule has 5 heteroatoms. The Morgan fingerprint density at radius 2 is 1.47 bits per heavy atom. The highest BCUT2D eigenvalue weighted by Gasteiger charge is 2.40. The van der Waals surface area contributed by atoms with Crippen LogP contribution in [0.25, 0.3) is 0 Å². The zero-order valence-corrected chi connectivity index (χ0v) is 19.8. The summed E-state index contributed by atoms with van der Waals surface area (Å²) >= 11 is 0. The molecule has 2 fully saturated rings. The van der Waals surface area contributed by atoms with E-state index in [9.17, 15) is 13.2 Å². The Hall–Kier alpha value is -1.26. The fourth-order valence-corrected chi connectivity index (χ4v) is 6.02. The second-order valence-corrected chi connectivity index (χ2v) is 10.1. The Morgan fingerprint density at radius 1 is 0.844 bits per heavy atom. The molecule has 1 aromatic rings. The van der Waals surface area contributed by atoms with Crippen LogP contribution in [0.4, 0.5) is 17.6 Å². The van der Waals surface area contributed by atoms with Gasteiger partial charge in [0.05, 0.1) is 6.61 Å². The highest BCUT2D eigenvalue weighted by Crippen LogP contribution is 2.47. The number of ether oxygens (including phenoxy) is 1. The lowest BCUT2D eigenvalue weighted by Crippen LogP contribution is -2.26. The second kappa shape index (κ2) is 11.7. The summed E-state index contributed by atoms with van der Waals surface area (Å²) in [4.78, 5) is 0. The van der Waals surface area contributed by atoms with Crippen LogP contribution in [-0.2, 0) is 6.18 Å². The molecule has 0 bridgehead atoms. The van der Waals surface area contributed by atoms with Crippen LogP contribution in [0.15, 0.2) is 12.1 Å². The molecule has 182 valence electrons. The Kier molecular flexibility index (Phi) is 9.31. The van der Waals surface area contributed by atoms with E-state index in [1.807, 2.05) is 6.92 Å². The molecular formula is C27H40F4O.